The highest BCUT2D eigenvalue weighted by molar-refractivity contribution is 6.37. The topological polar surface area (TPSA) is 57.8 Å². The number of aromatic nitrogens is 2. The lowest BCUT2D eigenvalue weighted by molar-refractivity contribution is 0.102. The number of nitrogens with one attached hydrogen (secondary N) is 2. The molecule has 0 unspecified atom stereocenters. The summed E-state index contributed by atoms with van der Waals surface area (Å²) >= 11 is 11.9. The number of hydrogen-bond acceptors (Lipinski definition) is 2. The normalized spacial score (nSPS) is 10.6. The van der Waals surface area contributed by atoms with E-state index in [0.717, 1.165) is 11.3 Å². The molecular weight excluding hydrogens is 333 g/mol. The van der Waals surface area contributed by atoms with Gasteiger partial charge < -0.3 is 5.32 Å². The number of halogens is 2. The van der Waals surface area contributed by atoms with Gasteiger partial charge in [0.25, 0.3) is 5.91 Å². The van der Waals surface area contributed by atoms with Crippen molar-refractivity contribution < 1.29 is 4.79 Å². The van der Waals surface area contributed by atoms with Gasteiger partial charge in [-0.15, -0.1) is 0 Å². The second-order valence-corrected chi connectivity index (χ2v) is 5.95. The molecule has 2 aromatic carbocycles. The van der Waals surface area contributed by atoms with E-state index >= 15 is 0 Å². The first-order chi connectivity index (χ1) is 11.0. The Morgan fingerprint density at radius 3 is 2.52 bits per heavy atom. The van der Waals surface area contributed by atoms with Crippen molar-refractivity contribution in [3.8, 4) is 11.3 Å². The molecule has 0 saturated carbocycles. The molecule has 0 aliphatic rings. The average molecular weight is 346 g/mol. The summed E-state index contributed by atoms with van der Waals surface area (Å²) in [6.07, 6.45) is 0. The molecular formula is C17H13Cl2N3O. The number of rotatable bonds is 3. The molecule has 2 N–H and O–H groups in total. The van der Waals surface area contributed by atoms with Crippen molar-refractivity contribution in [1.82, 2.24) is 10.2 Å². The van der Waals surface area contributed by atoms with E-state index in [4.69, 9.17) is 23.2 Å². The number of anilines is 1. The van der Waals surface area contributed by atoms with Crippen LogP contribution in [0.15, 0.2) is 48.5 Å². The molecule has 6 heteroatoms. The molecule has 3 rings (SSSR count). The third kappa shape index (κ3) is 3.55. The molecule has 0 fully saturated rings. The molecule has 0 bridgehead atoms. The summed E-state index contributed by atoms with van der Waals surface area (Å²) in [7, 11) is 0. The zero-order valence-electron chi connectivity index (χ0n) is 12.2. The van der Waals surface area contributed by atoms with Gasteiger partial charge in [-0.2, -0.15) is 5.10 Å². The highest BCUT2D eigenvalue weighted by atomic mass is 35.5. The van der Waals surface area contributed by atoms with Crippen LogP contribution >= 0.6 is 23.2 Å². The van der Waals surface area contributed by atoms with Crippen LogP contribution in [0, 0.1) is 6.92 Å². The predicted molar refractivity (Wildman–Crippen MR) is 93.2 cm³/mol. The highest BCUT2D eigenvalue weighted by Crippen LogP contribution is 2.23. The van der Waals surface area contributed by atoms with E-state index in [1.807, 2.05) is 31.2 Å². The second kappa shape index (κ2) is 6.44. The third-order valence-corrected chi connectivity index (χ3v) is 3.91. The van der Waals surface area contributed by atoms with Crippen LogP contribution in [0.2, 0.25) is 10.0 Å². The molecule has 0 aliphatic carbocycles. The fraction of sp³-hybridized carbons (Fsp3) is 0.0588. The Hall–Kier alpha value is -2.30. The molecule has 3 aromatic rings. The minimum Gasteiger partial charge on any atom is -0.305 e. The SMILES string of the molecule is Cc1ccc(-c2cc(NC(=O)c3ccc(Cl)cc3Cl)n[nH]2)cc1. The van der Waals surface area contributed by atoms with E-state index in [-0.39, 0.29) is 5.91 Å². The Kier molecular flexibility index (Phi) is 4.37. The number of H-pyrrole nitrogens is 1. The van der Waals surface area contributed by atoms with Crippen molar-refractivity contribution in [2.24, 2.45) is 0 Å². The standard InChI is InChI=1S/C17H13Cl2N3O/c1-10-2-4-11(5-3-10)15-9-16(22-21-15)20-17(23)13-7-6-12(18)8-14(13)19/h2-9H,1H3,(H2,20,21,22,23). The maximum Gasteiger partial charge on any atom is 0.258 e. The highest BCUT2D eigenvalue weighted by Gasteiger charge is 2.13. The van der Waals surface area contributed by atoms with Gasteiger partial charge in [-0.05, 0) is 30.7 Å². The van der Waals surface area contributed by atoms with Crippen molar-refractivity contribution in [3.63, 3.8) is 0 Å². The number of aryl methyl sites for hydroxylation is 1. The Balaban J connectivity index is 1.78. The van der Waals surface area contributed by atoms with E-state index in [1.54, 1.807) is 18.2 Å². The van der Waals surface area contributed by atoms with E-state index in [0.29, 0.717) is 21.4 Å². The van der Waals surface area contributed by atoms with Crippen LogP contribution < -0.4 is 5.32 Å². The van der Waals surface area contributed by atoms with Crippen LogP contribution in [0.25, 0.3) is 11.3 Å². The second-order valence-electron chi connectivity index (χ2n) is 5.11. The molecule has 1 aromatic heterocycles. The van der Waals surface area contributed by atoms with Gasteiger partial charge in [0.1, 0.15) is 0 Å². The van der Waals surface area contributed by atoms with Crippen LogP contribution in [0.5, 0.6) is 0 Å². The number of carbonyl (C=O) groups is 1. The van der Waals surface area contributed by atoms with Crippen LogP contribution in [0.4, 0.5) is 5.82 Å². The first-order valence-corrected chi connectivity index (χ1v) is 7.67. The van der Waals surface area contributed by atoms with Crippen molar-refractivity contribution in [1.29, 1.82) is 0 Å². The van der Waals surface area contributed by atoms with Crippen molar-refractivity contribution in [2.75, 3.05) is 5.32 Å². The molecule has 4 nitrogen and oxygen atoms in total. The maximum absolute atomic E-state index is 12.2. The minimum absolute atomic E-state index is 0.296. The Bertz CT molecular complexity index is 857. The average Bonchev–Trinajstić information content (AvgIpc) is 2.96. The summed E-state index contributed by atoms with van der Waals surface area (Å²) in [6, 6.07) is 14.5. The van der Waals surface area contributed by atoms with Crippen molar-refractivity contribution >= 4 is 34.9 Å². The first-order valence-electron chi connectivity index (χ1n) is 6.92. The molecule has 0 aliphatic heterocycles. The Morgan fingerprint density at radius 2 is 1.83 bits per heavy atom. The zero-order chi connectivity index (χ0) is 16.4. The van der Waals surface area contributed by atoms with Gasteiger partial charge >= 0.3 is 0 Å². The molecule has 1 amide bonds. The quantitative estimate of drug-likeness (QED) is 0.705. The largest absolute Gasteiger partial charge is 0.305 e. The fourth-order valence-corrected chi connectivity index (χ4v) is 2.62. The molecule has 116 valence electrons. The summed E-state index contributed by atoms with van der Waals surface area (Å²) in [5, 5.41) is 10.5. The van der Waals surface area contributed by atoms with Crippen molar-refractivity contribution in [3.05, 3.63) is 69.7 Å². The lowest BCUT2D eigenvalue weighted by Crippen LogP contribution is -2.12. The van der Waals surface area contributed by atoms with E-state index in [1.165, 1.54) is 11.6 Å². The predicted octanol–water partition coefficient (Wildman–Crippen LogP) is 4.94. The smallest absolute Gasteiger partial charge is 0.258 e. The van der Waals surface area contributed by atoms with Crippen LogP contribution in [-0.2, 0) is 0 Å². The molecule has 1 heterocycles. The van der Waals surface area contributed by atoms with Gasteiger partial charge in [-0.1, -0.05) is 53.0 Å². The van der Waals surface area contributed by atoms with E-state index in [2.05, 4.69) is 15.5 Å². The number of benzene rings is 2. The Morgan fingerprint density at radius 1 is 1.09 bits per heavy atom. The van der Waals surface area contributed by atoms with Crippen LogP contribution in [-0.4, -0.2) is 16.1 Å². The van der Waals surface area contributed by atoms with E-state index < -0.39 is 0 Å². The van der Waals surface area contributed by atoms with Gasteiger partial charge in [0.05, 0.1) is 16.3 Å². The monoisotopic (exact) mass is 345 g/mol. The van der Waals surface area contributed by atoms with Gasteiger partial charge in [-0.25, -0.2) is 0 Å². The number of amides is 1. The van der Waals surface area contributed by atoms with Gasteiger partial charge in [0.15, 0.2) is 5.82 Å². The van der Waals surface area contributed by atoms with Gasteiger partial charge in [0.2, 0.25) is 0 Å². The molecule has 0 radical (unpaired) electrons. The lowest BCUT2D eigenvalue weighted by Gasteiger charge is -2.04. The third-order valence-electron chi connectivity index (χ3n) is 3.36. The van der Waals surface area contributed by atoms with Crippen molar-refractivity contribution in [2.45, 2.75) is 6.92 Å². The fourth-order valence-electron chi connectivity index (χ4n) is 2.12. The molecule has 0 spiro atoms. The number of hydrogen-bond donors (Lipinski definition) is 2. The lowest BCUT2D eigenvalue weighted by atomic mass is 10.1. The Labute approximate surface area is 143 Å². The number of aromatic amines is 1. The van der Waals surface area contributed by atoms with Gasteiger partial charge in [0, 0.05) is 11.1 Å². The molecule has 23 heavy (non-hydrogen) atoms. The summed E-state index contributed by atoms with van der Waals surface area (Å²) in [4.78, 5) is 12.2. The number of carbonyl (C=O) groups excluding carboxylic acids is 1. The number of nitrogens with zero attached hydrogens (tertiary/aromatic N) is 1. The maximum atomic E-state index is 12.2. The van der Waals surface area contributed by atoms with Crippen LogP contribution in [0.1, 0.15) is 15.9 Å². The minimum atomic E-state index is -0.339. The first kappa shape index (κ1) is 15.6. The molecule has 0 atom stereocenters. The summed E-state index contributed by atoms with van der Waals surface area (Å²) in [5.74, 6) is 0.0882. The van der Waals surface area contributed by atoms with Gasteiger partial charge in [-0.3, -0.25) is 9.89 Å². The summed E-state index contributed by atoms with van der Waals surface area (Å²) in [5.41, 5.74) is 3.34. The van der Waals surface area contributed by atoms with E-state index in [9.17, 15) is 4.79 Å². The summed E-state index contributed by atoms with van der Waals surface area (Å²) in [6.45, 7) is 2.03. The molecule has 0 saturated heterocycles. The summed E-state index contributed by atoms with van der Waals surface area (Å²) < 4.78 is 0. The van der Waals surface area contributed by atoms with Crippen LogP contribution in [0.3, 0.4) is 0 Å². The zero-order valence-corrected chi connectivity index (χ0v) is 13.7.